The number of fused-ring (bicyclic) bond motifs is 1. The molecule has 8 nitrogen and oxygen atoms in total. The topological polar surface area (TPSA) is 97.7 Å². The summed E-state index contributed by atoms with van der Waals surface area (Å²) < 4.78 is 7.25. The number of anilines is 1. The van der Waals surface area contributed by atoms with E-state index in [4.69, 9.17) is 16.3 Å². The Morgan fingerprint density at radius 2 is 1.81 bits per heavy atom. The average Bonchev–Trinajstić information content (AvgIpc) is 3.45. The van der Waals surface area contributed by atoms with Crippen LogP contribution in [0.5, 0.6) is 0 Å². The zero-order valence-corrected chi connectivity index (χ0v) is 24.6. The molecule has 1 N–H and O–H groups in total. The van der Waals surface area contributed by atoms with Gasteiger partial charge < -0.3 is 14.6 Å². The number of amides is 3. The van der Waals surface area contributed by atoms with Crippen molar-refractivity contribution < 1.29 is 23.9 Å². The molecule has 5 rings (SSSR count). The van der Waals surface area contributed by atoms with Crippen LogP contribution in [0.2, 0.25) is 5.02 Å². The third-order valence-corrected chi connectivity index (χ3v) is 7.90. The minimum Gasteiger partial charge on any atom is -0.462 e. The molecule has 42 heavy (non-hydrogen) atoms. The lowest BCUT2D eigenvalue weighted by molar-refractivity contribution is -0.127. The fourth-order valence-electron chi connectivity index (χ4n) is 4.56. The van der Waals surface area contributed by atoms with E-state index >= 15 is 0 Å². The Morgan fingerprint density at radius 3 is 2.57 bits per heavy atom. The molecular weight excluding hydrogens is 574 g/mol. The largest absolute Gasteiger partial charge is 0.462 e. The first kappa shape index (κ1) is 29.2. The highest BCUT2D eigenvalue weighted by atomic mass is 35.5. The summed E-state index contributed by atoms with van der Waals surface area (Å²) in [5.74, 6) is -1.74. The van der Waals surface area contributed by atoms with Crippen molar-refractivity contribution in [1.82, 2.24) is 9.47 Å². The number of carbonyl (C=O) groups is 4. The van der Waals surface area contributed by atoms with Gasteiger partial charge in [-0.3, -0.25) is 19.3 Å². The number of benzene rings is 3. The molecule has 0 atom stereocenters. The molecule has 1 aliphatic rings. The van der Waals surface area contributed by atoms with Gasteiger partial charge in [-0.15, -0.1) is 0 Å². The summed E-state index contributed by atoms with van der Waals surface area (Å²) >= 11 is 6.92. The molecule has 1 aliphatic heterocycles. The number of ether oxygens (including phenoxy) is 1. The smallest absolute Gasteiger partial charge is 0.339 e. The lowest BCUT2D eigenvalue weighted by Crippen LogP contribution is -2.36. The van der Waals surface area contributed by atoms with E-state index in [1.807, 2.05) is 44.3 Å². The summed E-state index contributed by atoms with van der Waals surface area (Å²) in [5, 5.41) is 3.22. The van der Waals surface area contributed by atoms with Crippen molar-refractivity contribution in [2.45, 2.75) is 26.8 Å². The van der Waals surface area contributed by atoms with E-state index in [1.54, 1.807) is 6.08 Å². The molecule has 1 fully saturated rings. The van der Waals surface area contributed by atoms with Crippen LogP contribution in [0.1, 0.15) is 40.4 Å². The van der Waals surface area contributed by atoms with Gasteiger partial charge in [0.2, 0.25) is 5.91 Å². The second-order valence-electron chi connectivity index (χ2n) is 9.86. The number of hydrogen-bond donors (Lipinski definition) is 1. The van der Waals surface area contributed by atoms with Crippen LogP contribution in [0.15, 0.2) is 77.8 Å². The van der Waals surface area contributed by atoms with Crippen molar-refractivity contribution in [3.8, 4) is 0 Å². The van der Waals surface area contributed by atoms with Crippen molar-refractivity contribution in [3.05, 3.63) is 105 Å². The summed E-state index contributed by atoms with van der Waals surface area (Å²) in [5.41, 5.74) is 4.53. The van der Waals surface area contributed by atoms with Gasteiger partial charge in [0, 0.05) is 34.9 Å². The molecule has 3 aromatic carbocycles. The third kappa shape index (κ3) is 6.42. The molecule has 3 amide bonds. The van der Waals surface area contributed by atoms with E-state index in [1.165, 1.54) is 23.8 Å². The van der Waals surface area contributed by atoms with Crippen molar-refractivity contribution in [3.63, 3.8) is 0 Å². The molecule has 10 heteroatoms. The van der Waals surface area contributed by atoms with Crippen LogP contribution >= 0.6 is 23.4 Å². The van der Waals surface area contributed by atoms with Crippen LogP contribution < -0.4 is 5.32 Å². The summed E-state index contributed by atoms with van der Waals surface area (Å²) in [6.07, 6.45) is 4.32. The van der Waals surface area contributed by atoms with Crippen LogP contribution in [0.3, 0.4) is 0 Å². The van der Waals surface area contributed by atoms with Crippen LogP contribution in [-0.2, 0) is 20.9 Å². The Labute approximate surface area is 252 Å². The van der Waals surface area contributed by atoms with E-state index < -0.39 is 29.6 Å². The van der Waals surface area contributed by atoms with Gasteiger partial charge in [-0.25, -0.2) is 4.79 Å². The van der Waals surface area contributed by atoms with Crippen LogP contribution in [0.4, 0.5) is 10.5 Å². The number of aryl methyl sites for hydroxylation is 1. The van der Waals surface area contributed by atoms with Crippen LogP contribution in [0.25, 0.3) is 17.0 Å². The number of nitrogens with zero attached hydrogens (tertiary/aromatic N) is 2. The van der Waals surface area contributed by atoms with E-state index in [0.29, 0.717) is 13.0 Å². The Bertz CT molecular complexity index is 1730. The minimum atomic E-state index is -0.603. The molecule has 0 saturated carbocycles. The number of nitrogens with one attached hydrogen (secondary N) is 1. The molecule has 0 aliphatic carbocycles. The van der Waals surface area contributed by atoms with Gasteiger partial charge in [0.1, 0.15) is 6.54 Å². The zero-order valence-electron chi connectivity index (χ0n) is 23.1. The fourth-order valence-corrected chi connectivity index (χ4v) is 5.59. The summed E-state index contributed by atoms with van der Waals surface area (Å²) in [7, 11) is 0. The molecule has 1 saturated heterocycles. The lowest BCUT2D eigenvalue weighted by atomic mass is 10.1. The second-order valence-corrected chi connectivity index (χ2v) is 11.3. The van der Waals surface area contributed by atoms with Crippen LogP contribution in [-0.4, -0.2) is 45.6 Å². The van der Waals surface area contributed by atoms with Gasteiger partial charge in [0.25, 0.3) is 11.1 Å². The first-order valence-electron chi connectivity index (χ1n) is 13.4. The molecule has 0 spiro atoms. The highest BCUT2D eigenvalue weighted by molar-refractivity contribution is 8.18. The predicted octanol–water partition coefficient (Wildman–Crippen LogP) is 6.89. The molecule has 0 radical (unpaired) electrons. The highest BCUT2D eigenvalue weighted by Gasteiger charge is 2.36. The van der Waals surface area contributed by atoms with E-state index in [-0.39, 0.29) is 27.8 Å². The maximum absolute atomic E-state index is 13.2. The zero-order chi connectivity index (χ0) is 29.8. The number of hydrogen-bond acceptors (Lipinski definition) is 6. The van der Waals surface area contributed by atoms with Crippen molar-refractivity contribution >= 4 is 69.1 Å². The van der Waals surface area contributed by atoms with Gasteiger partial charge >= 0.3 is 5.97 Å². The molecule has 1 aromatic heterocycles. The third-order valence-electron chi connectivity index (χ3n) is 6.66. The van der Waals surface area contributed by atoms with Crippen molar-refractivity contribution in [1.29, 1.82) is 0 Å². The maximum Gasteiger partial charge on any atom is 0.339 e. The first-order chi connectivity index (χ1) is 20.2. The molecule has 2 heterocycles. The Hall–Kier alpha value is -4.34. The molecular formula is C32H28ClN3O5S. The van der Waals surface area contributed by atoms with Crippen LogP contribution in [0, 0.1) is 6.92 Å². The van der Waals surface area contributed by atoms with Gasteiger partial charge in [-0.2, -0.15) is 0 Å². The number of rotatable bonds is 9. The molecule has 0 bridgehead atoms. The molecule has 4 aromatic rings. The summed E-state index contributed by atoms with van der Waals surface area (Å²) in [4.78, 5) is 52.2. The van der Waals surface area contributed by atoms with Gasteiger partial charge in [0.15, 0.2) is 0 Å². The number of thioether (sulfide) groups is 1. The summed E-state index contributed by atoms with van der Waals surface area (Å²) in [6.45, 7) is 4.33. The van der Waals surface area contributed by atoms with Crippen molar-refractivity contribution in [2.24, 2.45) is 0 Å². The molecule has 0 unspecified atom stereocenters. The SMILES string of the molecule is CCCOC(=O)c1cc(NC(=O)CN2C(=O)S/C(=C\c3cn(Cc4ccc(C)cc4)c4ccccc34)C2=O)ccc1Cl. The number of aromatic nitrogens is 1. The number of halogens is 1. The maximum atomic E-state index is 13.2. The first-order valence-corrected chi connectivity index (χ1v) is 14.6. The van der Waals surface area contributed by atoms with E-state index in [0.717, 1.165) is 38.7 Å². The highest BCUT2D eigenvalue weighted by Crippen LogP contribution is 2.34. The Kier molecular flexibility index (Phi) is 8.80. The lowest BCUT2D eigenvalue weighted by Gasteiger charge is -2.13. The standard InChI is InChI=1S/C32H28ClN3O5S/c1-3-14-41-31(39)25-16-23(12-13-26(25)33)34-29(37)19-36-30(38)28(42-32(36)40)15-22-18-35(27-7-5-4-6-24(22)27)17-21-10-8-20(2)9-11-21/h4-13,15-16,18H,3,14,17,19H2,1-2H3,(H,34,37)/b28-15-. The normalized spacial score (nSPS) is 14.2. The monoisotopic (exact) mass is 601 g/mol. The van der Waals surface area contributed by atoms with Gasteiger partial charge in [-0.1, -0.05) is 66.6 Å². The van der Waals surface area contributed by atoms with E-state index in [2.05, 4.69) is 34.1 Å². The summed E-state index contributed by atoms with van der Waals surface area (Å²) in [6, 6.07) is 20.6. The van der Waals surface area contributed by atoms with E-state index in [9.17, 15) is 19.2 Å². The predicted molar refractivity (Wildman–Crippen MR) is 166 cm³/mol. The minimum absolute atomic E-state index is 0.110. The number of esters is 1. The Morgan fingerprint density at radius 1 is 1.05 bits per heavy atom. The average molecular weight is 602 g/mol. The van der Waals surface area contributed by atoms with Gasteiger partial charge in [-0.05, 0) is 61.0 Å². The van der Waals surface area contributed by atoms with Gasteiger partial charge in [0.05, 0.1) is 22.1 Å². The number of para-hydroxylation sites is 1. The fraction of sp³-hybridized carbons (Fsp3) is 0.188. The van der Waals surface area contributed by atoms with Crippen molar-refractivity contribution in [2.75, 3.05) is 18.5 Å². The number of carbonyl (C=O) groups excluding carboxylic acids is 4. The Balaban J connectivity index is 1.31. The quantitative estimate of drug-likeness (QED) is 0.166. The second kappa shape index (κ2) is 12.7. The number of imide groups is 1. The molecule has 214 valence electrons.